The van der Waals surface area contributed by atoms with Crippen LogP contribution in [0.25, 0.3) is 0 Å². The highest BCUT2D eigenvalue weighted by Gasteiger charge is 2.50. The van der Waals surface area contributed by atoms with Crippen molar-refractivity contribution < 1.29 is 38.4 Å². The molecule has 40 heavy (non-hydrogen) atoms. The van der Waals surface area contributed by atoms with Crippen molar-refractivity contribution in [2.45, 2.75) is 11.6 Å². The maximum atomic E-state index is 13.4. The zero-order chi connectivity index (χ0) is 28.5. The molecule has 0 aliphatic heterocycles. The van der Waals surface area contributed by atoms with E-state index in [9.17, 15) is 14.7 Å². The molecule has 1 aromatic heterocycles. The van der Waals surface area contributed by atoms with Crippen molar-refractivity contribution in [3.8, 4) is 29.3 Å². The number of carboxylic acids is 1. The van der Waals surface area contributed by atoms with E-state index in [-0.39, 0.29) is 23.5 Å². The minimum absolute atomic E-state index is 0.0860. The molecule has 1 unspecified atom stereocenters. The first-order valence-corrected chi connectivity index (χ1v) is 12.0. The third-order valence-corrected chi connectivity index (χ3v) is 5.95. The predicted octanol–water partition coefficient (Wildman–Crippen LogP) is 4.07. The van der Waals surface area contributed by atoms with Gasteiger partial charge in [-0.15, -0.1) is 0 Å². The smallest absolute Gasteiger partial charge is 0.413 e. The van der Waals surface area contributed by atoms with Gasteiger partial charge in [0.2, 0.25) is 17.9 Å². The number of hydrogen-bond donors (Lipinski definition) is 2. The van der Waals surface area contributed by atoms with E-state index in [0.717, 1.165) is 0 Å². The lowest BCUT2D eigenvalue weighted by Crippen LogP contribution is -2.60. The monoisotopic (exact) mass is 545 g/mol. The first-order chi connectivity index (χ1) is 19.4. The summed E-state index contributed by atoms with van der Waals surface area (Å²) in [6, 6.07) is 24.5. The Hall–Kier alpha value is -5.32. The van der Waals surface area contributed by atoms with E-state index < -0.39 is 23.7 Å². The van der Waals surface area contributed by atoms with Crippen LogP contribution in [0.2, 0.25) is 0 Å². The van der Waals surface area contributed by atoms with Crippen LogP contribution < -0.4 is 29.0 Å². The fourth-order valence-electron chi connectivity index (χ4n) is 4.09. The molecule has 0 fully saturated rings. The third-order valence-electron chi connectivity index (χ3n) is 5.95. The van der Waals surface area contributed by atoms with Crippen molar-refractivity contribution in [2.24, 2.45) is 0 Å². The number of methoxy groups -OCH3 is 3. The lowest BCUT2D eigenvalue weighted by Gasteiger charge is -2.39. The first kappa shape index (κ1) is 27.7. The Labute approximate surface area is 230 Å². The number of carboxylic acid groups (broad SMARTS) is 1. The molecule has 0 bridgehead atoms. The Morgan fingerprint density at radius 3 is 1.70 bits per heavy atom. The van der Waals surface area contributed by atoms with Gasteiger partial charge in [-0.25, -0.2) is 9.59 Å². The summed E-state index contributed by atoms with van der Waals surface area (Å²) in [5.74, 6) is -0.459. The van der Waals surface area contributed by atoms with E-state index in [0.29, 0.717) is 16.9 Å². The second kappa shape index (κ2) is 12.5. The standard InChI is InChI=1S/C29H27N3O8/c1-36-21-14-16-22(17-15-21)39-28(35)32-29(19-10-6-4-7-11-19,20-12-8-5-9-13-20)25(26(33)34)40-27-30-23(37-2)18-24(31-27)38-3/h4-18,25H,1-3H3,(H,32,35)(H,33,34). The topological polar surface area (TPSA) is 138 Å². The molecule has 1 amide bonds. The van der Waals surface area contributed by atoms with Gasteiger partial charge in [0, 0.05) is 0 Å². The molecule has 4 rings (SSSR count). The highest BCUT2D eigenvalue weighted by Crippen LogP contribution is 2.36. The maximum absolute atomic E-state index is 13.4. The van der Waals surface area contributed by atoms with Crippen LogP contribution in [-0.2, 0) is 10.3 Å². The van der Waals surface area contributed by atoms with Gasteiger partial charge in [0.05, 0.1) is 27.4 Å². The Morgan fingerprint density at radius 2 is 1.25 bits per heavy atom. The number of carbonyl (C=O) groups is 2. The van der Waals surface area contributed by atoms with Crippen LogP contribution >= 0.6 is 0 Å². The van der Waals surface area contributed by atoms with Crippen molar-refractivity contribution in [1.82, 2.24) is 15.3 Å². The fraction of sp³-hybridized carbons (Fsp3) is 0.172. The van der Waals surface area contributed by atoms with Gasteiger partial charge in [0.25, 0.3) is 0 Å². The summed E-state index contributed by atoms with van der Waals surface area (Å²) in [6.07, 6.45) is -2.73. The second-order valence-electron chi connectivity index (χ2n) is 8.30. The van der Waals surface area contributed by atoms with Gasteiger partial charge in [0.15, 0.2) is 0 Å². The molecule has 4 aromatic rings. The molecule has 0 aliphatic carbocycles. The molecule has 2 N–H and O–H groups in total. The van der Waals surface area contributed by atoms with E-state index in [2.05, 4.69) is 15.3 Å². The first-order valence-electron chi connectivity index (χ1n) is 12.0. The summed E-state index contributed by atoms with van der Waals surface area (Å²) in [5, 5.41) is 13.3. The van der Waals surface area contributed by atoms with Gasteiger partial charge in [0.1, 0.15) is 17.0 Å². The molecule has 1 heterocycles. The number of aromatic nitrogens is 2. The number of rotatable bonds is 11. The van der Waals surface area contributed by atoms with Crippen molar-refractivity contribution in [3.63, 3.8) is 0 Å². The van der Waals surface area contributed by atoms with Gasteiger partial charge in [-0.3, -0.25) is 0 Å². The number of nitrogens with one attached hydrogen (secondary N) is 1. The Morgan fingerprint density at radius 1 is 0.750 bits per heavy atom. The number of hydrogen-bond acceptors (Lipinski definition) is 9. The Kier molecular flexibility index (Phi) is 8.65. The van der Waals surface area contributed by atoms with Gasteiger partial charge < -0.3 is 34.1 Å². The average molecular weight is 546 g/mol. The van der Waals surface area contributed by atoms with Crippen molar-refractivity contribution in [1.29, 1.82) is 0 Å². The number of benzene rings is 3. The largest absolute Gasteiger partial charge is 0.497 e. The number of aliphatic carboxylic acids is 1. The van der Waals surface area contributed by atoms with Crippen LogP contribution in [0.5, 0.6) is 29.3 Å². The van der Waals surface area contributed by atoms with Gasteiger partial charge in [-0.2, -0.15) is 9.97 Å². The summed E-state index contributed by atoms with van der Waals surface area (Å²) in [4.78, 5) is 34.7. The van der Waals surface area contributed by atoms with Crippen molar-refractivity contribution in [3.05, 3.63) is 102 Å². The molecule has 11 heteroatoms. The van der Waals surface area contributed by atoms with Crippen molar-refractivity contribution in [2.75, 3.05) is 21.3 Å². The number of amides is 1. The van der Waals surface area contributed by atoms with Crippen LogP contribution in [0.1, 0.15) is 11.1 Å². The SMILES string of the molecule is COc1ccc(OC(=O)NC(c2ccccc2)(c2ccccc2)C(Oc2nc(OC)cc(OC)n2)C(=O)O)cc1. The van der Waals surface area contributed by atoms with Crippen LogP contribution in [0.3, 0.4) is 0 Å². The second-order valence-corrected chi connectivity index (χ2v) is 8.30. The van der Waals surface area contributed by atoms with E-state index in [1.54, 1.807) is 84.9 Å². The number of ether oxygens (including phenoxy) is 5. The zero-order valence-electron chi connectivity index (χ0n) is 21.9. The molecule has 0 saturated heterocycles. The molecule has 1 atom stereocenters. The molecule has 3 aromatic carbocycles. The Bertz CT molecular complexity index is 1370. The summed E-state index contributed by atoms with van der Waals surface area (Å²) in [5.41, 5.74) is -1.03. The molecule has 0 saturated carbocycles. The fourth-order valence-corrected chi connectivity index (χ4v) is 4.09. The zero-order valence-corrected chi connectivity index (χ0v) is 21.9. The predicted molar refractivity (Wildman–Crippen MR) is 143 cm³/mol. The minimum atomic E-state index is -1.82. The van der Waals surface area contributed by atoms with Gasteiger partial charge in [-0.05, 0) is 35.4 Å². The number of nitrogens with zero attached hydrogens (tertiary/aromatic N) is 2. The summed E-state index contributed by atoms with van der Waals surface area (Å²) in [7, 11) is 4.29. The van der Waals surface area contributed by atoms with Crippen LogP contribution in [0.4, 0.5) is 4.79 Å². The summed E-state index contributed by atoms with van der Waals surface area (Å²) in [6.45, 7) is 0. The molecule has 0 aliphatic rings. The van der Waals surface area contributed by atoms with Crippen LogP contribution in [0, 0.1) is 0 Å². The van der Waals surface area contributed by atoms with E-state index in [1.807, 2.05) is 0 Å². The lowest BCUT2D eigenvalue weighted by atomic mass is 9.78. The maximum Gasteiger partial charge on any atom is 0.413 e. The van der Waals surface area contributed by atoms with E-state index >= 15 is 0 Å². The Balaban J connectivity index is 1.85. The molecular weight excluding hydrogens is 518 g/mol. The third kappa shape index (κ3) is 6.04. The molecule has 11 nitrogen and oxygen atoms in total. The molecular formula is C29H27N3O8. The van der Waals surface area contributed by atoms with E-state index in [4.69, 9.17) is 23.7 Å². The summed E-state index contributed by atoms with van der Waals surface area (Å²) < 4.78 is 27.0. The lowest BCUT2D eigenvalue weighted by molar-refractivity contribution is -0.149. The van der Waals surface area contributed by atoms with Crippen LogP contribution in [0.15, 0.2) is 91.0 Å². The van der Waals surface area contributed by atoms with Crippen molar-refractivity contribution >= 4 is 12.1 Å². The minimum Gasteiger partial charge on any atom is -0.497 e. The average Bonchev–Trinajstić information content (AvgIpc) is 2.99. The van der Waals surface area contributed by atoms with E-state index in [1.165, 1.54) is 27.4 Å². The van der Waals surface area contributed by atoms with Gasteiger partial charge >= 0.3 is 18.1 Å². The quantitative estimate of drug-likeness (QED) is 0.284. The summed E-state index contributed by atoms with van der Waals surface area (Å²) >= 11 is 0. The highest BCUT2D eigenvalue weighted by molar-refractivity contribution is 5.80. The number of carbonyl (C=O) groups excluding carboxylic acids is 1. The normalized spacial score (nSPS) is 11.6. The molecule has 0 radical (unpaired) electrons. The molecule has 206 valence electrons. The highest BCUT2D eigenvalue weighted by atomic mass is 16.6. The molecule has 0 spiro atoms. The van der Waals surface area contributed by atoms with Crippen LogP contribution in [-0.4, -0.2) is 54.6 Å². The van der Waals surface area contributed by atoms with Gasteiger partial charge in [-0.1, -0.05) is 60.7 Å².